The molecule has 0 spiro atoms. The van der Waals surface area contributed by atoms with E-state index in [4.69, 9.17) is 0 Å². The molecule has 1 aliphatic rings. The molecule has 1 N–H and O–H groups in total. The number of aromatic hydroxyl groups is 1. The van der Waals surface area contributed by atoms with Gasteiger partial charge in [0, 0.05) is 33.1 Å². The maximum atomic E-state index is 12.2. The molecule has 18 heavy (non-hydrogen) atoms. The Morgan fingerprint density at radius 2 is 1.61 bits per heavy atom. The lowest BCUT2D eigenvalue weighted by atomic mass is 10.1. The third-order valence-electron chi connectivity index (χ3n) is 3.15. The highest BCUT2D eigenvalue weighted by molar-refractivity contribution is 5.96. The quantitative estimate of drug-likeness (QED) is 0.795. The molecule has 1 saturated heterocycles. The van der Waals surface area contributed by atoms with E-state index < -0.39 is 0 Å². The summed E-state index contributed by atoms with van der Waals surface area (Å²) in [5.41, 5.74) is 0.314. The molecule has 0 unspecified atom stereocenters. The van der Waals surface area contributed by atoms with Gasteiger partial charge < -0.3 is 14.9 Å². The number of carbonyl (C=O) groups excluding carboxylic acids is 2. The van der Waals surface area contributed by atoms with Gasteiger partial charge in [0.25, 0.3) is 5.91 Å². The molecule has 1 aliphatic heterocycles. The van der Waals surface area contributed by atoms with Crippen LogP contribution in [0.1, 0.15) is 17.3 Å². The van der Waals surface area contributed by atoms with Crippen LogP contribution in [0.5, 0.6) is 5.75 Å². The lowest BCUT2D eigenvalue weighted by Gasteiger charge is -2.34. The number of amides is 2. The summed E-state index contributed by atoms with van der Waals surface area (Å²) in [7, 11) is 0. The fourth-order valence-corrected chi connectivity index (χ4v) is 2.05. The Balaban J connectivity index is 2.04. The summed E-state index contributed by atoms with van der Waals surface area (Å²) in [6, 6.07) is 6.51. The van der Waals surface area contributed by atoms with Crippen molar-refractivity contribution in [3.05, 3.63) is 29.8 Å². The van der Waals surface area contributed by atoms with Crippen LogP contribution in [0.3, 0.4) is 0 Å². The van der Waals surface area contributed by atoms with E-state index in [2.05, 4.69) is 0 Å². The van der Waals surface area contributed by atoms with Gasteiger partial charge in [-0.1, -0.05) is 12.1 Å². The van der Waals surface area contributed by atoms with Crippen LogP contribution in [0.25, 0.3) is 0 Å². The van der Waals surface area contributed by atoms with Crippen LogP contribution in [-0.4, -0.2) is 52.9 Å². The first-order chi connectivity index (χ1) is 8.59. The van der Waals surface area contributed by atoms with Crippen molar-refractivity contribution in [2.75, 3.05) is 26.2 Å². The van der Waals surface area contributed by atoms with E-state index in [1.165, 1.54) is 13.0 Å². The molecule has 2 rings (SSSR count). The number of para-hydroxylation sites is 1. The van der Waals surface area contributed by atoms with Gasteiger partial charge >= 0.3 is 0 Å². The Kier molecular flexibility index (Phi) is 3.50. The van der Waals surface area contributed by atoms with Gasteiger partial charge in [-0.2, -0.15) is 0 Å². The zero-order chi connectivity index (χ0) is 13.1. The van der Waals surface area contributed by atoms with Crippen molar-refractivity contribution in [1.82, 2.24) is 9.80 Å². The Bertz CT molecular complexity index is 465. The summed E-state index contributed by atoms with van der Waals surface area (Å²) < 4.78 is 0. The number of hydrogen-bond donors (Lipinski definition) is 1. The van der Waals surface area contributed by atoms with Crippen molar-refractivity contribution >= 4 is 11.8 Å². The minimum absolute atomic E-state index is 0.00324. The maximum Gasteiger partial charge on any atom is 0.257 e. The molecule has 1 aromatic rings. The maximum absolute atomic E-state index is 12.2. The standard InChI is InChI=1S/C13H16N2O3/c1-10(16)14-6-8-15(9-7-14)13(18)11-4-2-3-5-12(11)17/h2-5,17H,6-9H2,1H3. The fraction of sp³-hybridized carbons (Fsp3) is 0.385. The summed E-state index contributed by atoms with van der Waals surface area (Å²) >= 11 is 0. The molecule has 1 fully saturated rings. The monoisotopic (exact) mass is 248 g/mol. The Morgan fingerprint density at radius 1 is 1.06 bits per heavy atom. The molecular weight excluding hydrogens is 232 g/mol. The van der Waals surface area contributed by atoms with Crippen molar-refractivity contribution in [2.24, 2.45) is 0 Å². The van der Waals surface area contributed by atoms with Crippen molar-refractivity contribution in [1.29, 1.82) is 0 Å². The largest absolute Gasteiger partial charge is 0.507 e. The third kappa shape index (κ3) is 2.45. The van der Waals surface area contributed by atoms with Crippen LogP contribution in [0, 0.1) is 0 Å². The Labute approximate surface area is 106 Å². The molecule has 0 radical (unpaired) electrons. The second-order valence-electron chi connectivity index (χ2n) is 4.32. The molecule has 5 nitrogen and oxygen atoms in total. The molecule has 0 saturated carbocycles. The van der Waals surface area contributed by atoms with Crippen LogP contribution in [0.15, 0.2) is 24.3 Å². The number of benzene rings is 1. The normalized spacial score (nSPS) is 15.6. The van der Waals surface area contributed by atoms with Crippen LogP contribution >= 0.6 is 0 Å². The minimum atomic E-state index is -0.184. The van der Waals surface area contributed by atoms with Crippen LogP contribution < -0.4 is 0 Å². The SMILES string of the molecule is CC(=O)N1CCN(C(=O)c2ccccc2O)CC1. The van der Waals surface area contributed by atoms with Gasteiger partial charge in [0.05, 0.1) is 5.56 Å². The lowest BCUT2D eigenvalue weighted by molar-refractivity contribution is -0.130. The first-order valence-electron chi connectivity index (χ1n) is 5.92. The lowest BCUT2D eigenvalue weighted by Crippen LogP contribution is -2.50. The highest BCUT2D eigenvalue weighted by Crippen LogP contribution is 2.18. The van der Waals surface area contributed by atoms with Crippen LogP contribution in [0.4, 0.5) is 0 Å². The summed E-state index contributed by atoms with van der Waals surface area (Å²) in [6.45, 7) is 3.64. The van der Waals surface area contributed by atoms with Gasteiger partial charge in [-0.25, -0.2) is 0 Å². The number of carbonyl (C=O) groups is 2. The van der Waals surface area contributed by atoms with E-state index in [0.29, 0.717) is 31.7 Å². The van der Waals surface area contributed by atoms with Crippen molar-refractivity contribution in [3.8, 4) is 5.75 Å². The number of phenolic OH excluding ortho intramolecular Hbond substituents is 1. The van der Waals surface area contributed by atoms with E-state index in [-0.39, 0.29) is 17.6 Å². The van der Waals surface area contributed by atoms with E-state index in [9.17, 15) is 14.7 Å². The molecule has 0 aromatic heterocycles. The molecular formula is C13H16N2O3. The van der Waals surface area contributed by atoms with Gasteiger partial charge in [-0.15, -0.1) is 0 Å². The van der Waals surface area contributed by atoms with Gasteiger partial charge in [-0.3, -0.25) is 9.59 Å². The molecule has 2 amide bonds. The first kappa shape index (κ1) is 12.4. The van der Waals surface area contributed by atoms with Gasteiger partial charge in [-0.05, 0) is 12.1 Å². The molecule has 1 heterocycles. The summed E-state index contributed by atoms with van der Waals surface area (Å²) in [6.07, 6.45) is 0. The smallest absolute Gasteiger partial charge is 0.257 e. The molecule has 5 heteroatoms. The number of phenols is 1. The zero-order valence-electron chi connectivity index (χ0n) is 10.3. The van der Waals surface area contributed by atoms with E-state index in [1.54, 1.807) is 28.0 Å². The minimum Gasteiger partial charge on any atom is -0.507 e. The molecule has 0 aliphatic carbocycles. The number of rotatable bonds is 1. The number of nitrogens with zero attached hydrogens (tertiary/aromatic N) is 2. The second-order valence-corrected chi connectivity index (χ2v) is 4.32. The topological polar surface area (TPSA) is 60.9 Å². The number of hydrogen-bond acceptors (Lipinski definition) is 3. The molecule has 96 valence electrons. The molecule has 0 atom stereocenters. The van der Waals surface area contributed by atoms with Crippen LogP contribution in [0.2, 0.25) is 0 Å². The summed E-state index contributed by atoms with van der Waals surface area (Å²) in [4.78, 5) is 26.7. The highest BCUT2D eigenvalue weighted by atomic mass is 16.3. The molecule has 1 aromatic carbocycles. The third-order valence-corrected chi connectivity index (χ3v) is 3.15. The second kappa shape index (κ2) is 5.08. The first-order valence-corrected chi connectivity index (χ1v) is 5.92. The van der Waals surface area contributed by atoms with E-state index in [0.717, 1.165) is 0 Å². The summed E-state index contributed by atoms with van der Waals surface area (Å²) in [5.74, 6) is -0.155. The van der Waals surface area contributed by atoms with E-state index in [1.807, 2.05) is 0 Å². The van der Waals surface area contributed by atoms with E-state index >= 15 is 0 Å². The van der Waals surface area contributed by atoms with Crippen molar-refractivity contribution < 1.29 is 14.7 Å². The molecule has 0 bridgehead atoms. The average Bonchev–Trinajstić information content (AvgIpc) is 2.38. The van der Waals surface area contributed by atoms with Gasteiger partial charge in [0.1, 0.15) is 5.75 Å². The van der Waals surface area contributed by atoms with Crippen LogP contribution in [-0.2, 0) is 4.79 Å². The predicted octanol–water partition coefficient (Wildman–Crippen LogP) is 0.696. The average molecular weight is 248 g/mol. The predicted molar refractivity (Wildman–Crippen MR) is 66.3 cm³/mol. The Hall–Kier alpha value is -2.04. The number of piperazine rings is 1. The highest BCUT2D eigenvalue weighted by Gasteiger charge is 2.24. The Morgan fingerprint density at radius 3 is 2.17 bits per heavy atom. The fourth-order valence-electron chi connectivity index (χ4n) is 2.05. The van der Waals surface area contributed by atoms with Gasteiger partial charge in [0.2, 0.25) is 5.91 Å². The summed E-state index contributed by atoms with van der Waals surface area (Å²) in [5, 5.41) is 9.64. The van der Waals surface area contributed by atoms with Crippen molar-refractivity contribution in [3.63, 3.8) is 0 Å². The van der Waals surface area contributed by atoms with Crippen molar-refractivity contribution in [2.45, 2.75) is 6.92 Å². The zero-order valence-corrected chi connectivity index (χ0v) is 10.3. The van der Waals surface area contributed by atoms with Gasteiger partial charge in [0.15, 0.2) is 0 Å².